The highest BCUT2D eigenvalue weighted by molar-refractivity contribution is 6.05. The zero-order chi connectivity index (χ0) is 25.2. The molecule has 184 valence electrons. The second-order valence-electron chi connectivity index (χ2n) is 9.82. The summed E-state index contributed by atoms with van der Waals surface area (Å²) in [6.07, 6.45) is 1.11. The number of piperidine rings is 1. The van der Waals surface area contributed by atoms with Crippen LogP contribution in [0.3, 0.4) is 0 Å². The van der Waals surface area contributed by atoms with E-state index in [4.69, 9.17) is 14.5 Å². The van der Waals surface area contributed by atoms with Crippen molar-refractivity contribution in [2.24, 2.45) is 11.8 Å². The lowest BCUT2D eigenvalue weighted by molar-refractivity contribution is -0.137. The Morgan fingerprint density at radius 1 is 0.944 bits per heavy atom. The summed E-state index contributed by atoms with van der Waals surface area (Å²) >= 11 is 0. The van der Waals surface area contributed by atoms with Crippen LogP contribution in [0.25, 0.3) is 32.9 Å². The summed E-state index contributed by atoms with van der Waals surface area (Å²) in [5.41, 5.74) is 2.66. The number of amides is 1. The van der Waals surface area contributed by atoms with E-state index in [1.54, 1.807) is 13.2 Å². The number of likely N-dealkylation sites (tertiary alicyclic amines) is 1. The van der Waals surface area contributed by atoms with Crippen molar-refractivity contribution >= 4 is 33.6 Å². The second kappa shape index (κ2) is 9.97. The van der Waals surface area contributed by atoms with Gasteiger partial charge in [0.2, 0.25) is 0 Å². The van der Waals surface area contributed by atoms with Gasteiger partial charge >= 0.3 is 5.97 Å². The van der Waals surface area contributed by atoms with Crippen molar-refractivity contribution in [3.8, 4) is 17.0 Å². The van der Waals surface area contributed by atoms with Crippen LogP contribution >= 0.6 is 0 Å². The van der Waals surface area contributed by atoms with Gasteiger partial charge in [-0.2, -0.15) is 0 Å². The molecular formula is C30H30N2O4. The monoisotopic (exact) mass is 482 g/mol. The minimum Gasteiger partial charge on any atom is -0.497 e. The Morgan fingerprint density at radius 3 is 2.44 bits per heavy atom. The predicted octanol–water partition coefficient (Wildman–Crippen LogP) is 5.72. The smallest absolute Gasteiger partial charge is 0.339 e. The Balaban J connectivity index is 1.43. The molecule has 2 heterocycles. The van der Waals surface area contributed by atoms with Crippen molar-refractivity contribution in [1.82, 2.24) is 9.88 Å². The number of methoxy groups -OCH3 is 1. The molecule has 1 amide bonds. The van der Waals surface area contributed by atoms with Gasteiger partial charge in [0, 0.05) is 24.0 Å². The molecule has 1 aromatic heterocycles. The van der Waals surface area contributed by atoms with E-state index in [0.29, 0.717) is 47.1 Å². The number of hydrogen-bond acceptors (Lipinski definition) is 5. The zero-order valence-corrected chi connectivity index (χ0v) is 20.9. The van der Waals surface area contributed by atoms with E-state index in [-0.39, 0.29) is 12.5 Å². The molecule has 5 rings (SSSR count). The fourth-order valence-corrected chi connectivity index (χ4v) is 5.17. The third-order valence-electron chi connectivity index (χ3n) is 6.83. The van der Waals surface area contributed by atoms with E-state index in [1.807, 2.05) is 65.6 Å². The quantitative estimate of drug-likeness (QED) is 0.340. The minimum absolute atomic E-state index is 0.148. The maximum Gasteiger partial charge on any atom is 0.339 e. The van der Waals surface area contributed by atoms with Gasteiger partial charge in [-0.05, 0) is 59.4 Å². The topological polar surface area (TPSA) is 68.7 Å². The van der Waals surface area contributed by atoms with Gasteiger partial charge < -0.3 is 14.4 Å². The van der Waals surface area contributed by atoms with Crippen LogP contribution in [0.5, 0.6) is 5.75 Å². The Hall–Kier alpha value is -3.93. The minimum atomic E-state index is -0.521. The molecule has 4 aromatic rings. The summed E-state index contributed by atoms with van der Waals surface area (Å²) in [7, 11) is 1.65. The average molecular weight is 483 g/mol. The summed E-state index contributed by atoms with van der Waals surface area (Å²) in [6.45, 7) is 5.45. The van der Waals surface area contributed by atoms with Crippen LogP contribution in [0.15, 0.2) is 66.7 Å². The maximum atomic E-state index is 13.2. The van der Waals surface area contributed by atoms with Crippen LogP contribution in [0.4, 0.5) is 0 Å². The van der Waals surface area contributed by atoms with Crippen LogP contribution in [0.2, 0.25) is 0 Å². The first kappa shape index (κ1) is 23.8. The first-order valence-corrected chi connectivity index (χ1v) is 12.3. The molecular weight excluding hydrogens is 452 g/mol. The molecule has 3 aromatic carbocycles. The summed E-state index contributed by atoms with van der Waals surface area (Å²) in [5.74, 6) is 1.02. The van der Waals surface area contributed by atoms with Gasteiger partial charge in [0.15, 0.2) is 6.61 Å². The number of rotatable bonds is 5. The number of esters is 1. The van der Waals surface area contributed by atoms with Crippen molar-refractivity contribution in [3.63, 3.8) is 0 Å². The first-order chi connectivity index (χ1) is 17.4. The third kappa shape index (κ3) is 4.89. The highest BCUT2D eigenvalue weighted by Gasteiger charge is 2.26. The largest absolute Gasteiger partial charge is 0.497 e. The Bertz CT molecular complexity index is 1440. The van der Waals surface area contributed by atoms with Gasteiger partial charge in [-0.25, -0.2) is 9.78 Å². The average Bonchev–Trinajstić information content (AvgIpc) is 2.89. The summed E-state index contributed by atoms with van der Waals surface area (Å²) in [5, 5.41) is 2.80. The molecule has 6 heteroatoms. The van der Waals surface area contributed by atoms with Crippen LogP contribution in [0, 0.1) is 11.8 Å². The number of nitrogens with zero attached hydrogens (tertiary/aromatic N) is 2. The number of hydrogen-bond donors (Lipinski definition) is 0. The van der Waals surface area contributed by atoms with Crippen LogP contribution in [-0.4, -0.2) is 48.6 Å². The van der Waals surface area contributed by atoms with Crippen molar-refractivity contribution in [2.75, 3.05) is 26.8 Å². The lowest BCUT2D eigenvalue weighted by Gasteiger charge is -2.34. The third-order valence-corrected chi connectivity index (χ3v) is 6.83. The summed E-state index contributed by atoms with van der Waals surface area (Å²) < 4.78 is 10.9. The van der Waals surface area contributed by atoms with Crippen LogP contribution in [-0.2, 0) is 9.53 Å². The SMILES string of the molecule is COc1ccc2cc(-c3cc(C(=O)OCC(=O)N4CC(C)CC(C)C4)c4ccccc4n3)ccc2c1. The number of fused-ring (bicyclic) bond motifs is 2. The van der Waals surface area contributed by atoms with Crippen LogP contribution in [0.1, 0.15) is 30.6 Å². The zero-order valence-electron chi connectivity index (χ0n) is 20.9. The number of benzene rings is 3. The fraction of sp³-hybridized carbons (Fsp3) is 0.300. The first-order valence-electron chi connectivity index (χ1n) is 12.3. The molecule has 2 unspecified atom stereocenters. The normalized spacial score (nSPS) is 17.8. The molecule has 36 heavy (non-hydrogen) atoms. The van der Waals surface area contributed by atoms with E-state index in [1.165, 1.54) is 0 Å². The van der Waals surface area contributed by atoms with Crippen molar-refractivity contribution in [1.29, 1.82) is 0 Å². The van der Waals surface area contributed by atoms with E-state index < -0.39 is 5.97 Å². The lowest BCUT2D eigenvalue weighted by Crippen LogP contribution is -2.44. The predicted molar refractivity (Wildman–Crippen MR) is 141 cm³/mol. The maximum absolute atomic E-state index is 13.2. The Labute approximate surface area is 210 Å². The number of pyridine rings is 1. The number of carbonyl (C=O) groups excluding carboxylic acids is 2. The molecule has 6 nitrogen and oxygen atoms in total. The van der Waals surface area contributed by atoms with Gasteiger partial charge in [-0.3, -0.25) is 4.79 Å². The Kier molecular flexibility index (Phi) is 6.59. The van der Waals surface area contributed by atoms with Crippen molar-refractivity contribution < 1.29 is 19.1 Å². The van der Waals surface area contributed by atoms with Gasteiger partial charge in [0.05, 0.1) is 23.9 Å². The molecule has 0 aliphatic carbocycles. The molecule has 0 saturated carbocycles. The fourth-order valence-electron chi connectivity index (χ4n) is 5.17. The molecule has 1 fully saturated rings. The molecule has 1 aliphatic heterocycles. The Morgan fingerprint density at radius 2 is 1.67 bits per heavy atom. The number of ether oxygens (including phenoxy) is 2. The van der Waals surface area contributed by atoms with Gasteiger partial charge in [-0.1, -0.05) is 50.2 Å². The van der Waals surface area contributed by atoms with Crippen molar-refractivity contribution in [3.05, 3.63) is 72.3 Å². The molecule has 0 radical (unpaired) electrons. The lowest BCUT2D eigenvalue weighted by atomic mass is 9.92. The van der Waals surface area contributed by atoms with E-state index >= 15 is 0 Å². The second-order valence-corrected chi connectivity index (χ2v) is 9.82. The number of carbonyl (C=O) groups is 2. The summed E-state index contributed by atoms with van der Waals surface area (Å²) in [4.78, 5) is 32.6. The standard InChI is InChI=1S/C30H30N2O4/c1-19-12-20(2)17-32(16-19)29(33)18-36-30(34)26-15-28(31-27-7-5-4-6-25(26)27)23-9-8-22-14-24(35-3)11-10-21(22)13-23/h4-11,13-15,19-20H,12,16-18H2,1-3H3. The molecule has 0 bridgehead atoms. The highest BCUT2D eigenvalue weighted by Crippen LogP contribution is 2.29. The number of para-hydroxylation sites is 1. The van der Waals surface area contributed by atoms with Crippen molar-refractivity contribution in [2.45, 2.75) is 20.3 Å². The molecule has 2 atom stereocenters. The van der Waals surface area contributed by atoms with E-state index in [2.05, 4.69) is 13.8 Å². The van der Waals surface area contributed by atoms with E-state index in [9.17, 15) is 9.59 Å². The molecule has 1 aliphatic rings. The van der Waals surface area contributed by atoms with Gasteiger partial charge in [-0.15, -0.1) is 0 Å². The van der Waals surface area contributed by atoms with E-state index in [0.717, 1.165) is 28.5 Å². The number of aromatic nitrogens is 1. The molecule has 1 saturated heterocycles. The van der Waals surface area contributed by atoms with Gasteiger partial charge in [0.1, 0.15) is 5.75 Å². The summed E-state index contributed by atoms with van der Waals surface area (Å²) in [6, 6.07) is 21.2. The van der Waals surface area contributed by atoms with Crippen LogP contribution < -0.4 is 4.74 Å². The van der Waals surface area contributed by atoms with Gasteiger partial charge in [0.25, 0.3) is 5.91 Å². The molecule has 0 spiro atoms. The highest BCUT2D eigenvalue weighted by atomic mass is 16.5. The molecule has 0 N–H and O–H groups in total.